The second-order valence-electron chi connectivity index (χ2n) is 6.69. The summed E-state index contributed by atoms with van der Waals surface area (Å²) in [5, 5.41) is 3.79. The predicted octanol–water partition coefficient (Wildman–Crippen LogP) is 4.64. The molecule has 0 radical (unpaired) electrons. The first kappa shape index (κ1) is 14.9. The SMILES string of the molecule is CCCNC1CCCCCC1c1ccc(OC2CC2)cc1. The molecule has 0 aromatic heterocycles. The Hall–Kier alpha value is -1.02. The third-order valence-electron chi connectivity index (χ3n) is 4.81. The van der Waals surface area contributed by atoms with Crippen LogP contribution in [0.4, 0.5) is 0 Å². The van der Waals surface area contributed by atoms with E-state index in [9.17, 15) is 0 Å². The summed E-state index contributed by atoms with van der Waals surface area (Å²) >= 11 is 0. The molecule has 3 rings (SSSR count). The first-order valence-electron chi connectivity index (χ1n) is 8.87. The fourth-order valence-electron chi connectivity index (χ4n) is 3.45. The average molecular weight is 287 g/mol. The van der Waals surface area contributed by atoms with Gasteiger partial charge in [0.2, 0.25) is 0 Å². The Morgan fingerprint density at radius 1 is 1.00 bits per heavy atom. The van der Waals surface area contributed by atoms with Crippen molar-refractivity contribution in [2.24, 2.45) is 0 Å². The normalized spacial score (nSPS) is 26.3. The smallest absolute Gasteiger partial charge is 0.119 e. The van der Waals surface area contributed by atoms with Crippen LogP contribution >= 0.6 is 0 Å². The molecule has 2 saturated carbocycles. The number of rotatable bonds is 6. The maximum Gasteiger partial charge on any atom is 0.119 e. The van der Waals surface area contributed by atoms with Crippen molar-refractivity contribution in [2.45, 2.75) is 76.4 Å². The molecule has 0 saturated heterocycles. The van der Waals surface area contributed by atoms with Crippen LogP contribution in [0.25, 0.3) is 0 Å². The predicted molar refractivity (Wildman–Crippen MR) is 88.0 cm³/mol. The van der Waals surface area contributed by atoms with Crippen molar-refractivity contribution in [3.63, 3.8) is 0 Å². The monoisotopic (exact) mass is 287 g/mol. The van der Waals surface area contributed by atoms with E-state index in [-0.39, 0.29) is 0 Å². The molecule has 2 heteroatoms. The van der Waals surface area contributed by atoms with E-state index in [0.717, 1.165) is 12.3 Å². The minimum Gasteiger partial charge on any atom is -0.490 e. The summed E-state index contributed by atoms with van der Waals surface area (Å²) in [5.74, 6) is 1.72. The zero-order valence-corrected chi connectivity index (χ0v) is 13.3. The molecule has 2 aliphatic carbocycles. The van der Waals surface area contributed by atoms with Gasteiger partial charge in [-0.1, -0.05) is 38.3 Å². The second-order valence-corrected chi connectivity index (χ2v) is 6.69. The molecule has 21 heavy (non-hydrogen) atoms. The van der Waals surface area contributed by atoms with Crippen LogP contribution in [-0.2, 0) is 0 Å². The number of hydrogen-bond acceptors (Lipinski definition) is 2. The summed E-state index contributed by atoms with van der Waals surface area (Å²) in [5.41, 5.74) is 1.49. The first-order chi connectivity index (χ1) is 10.4. The molecule has 0 bridgehead atoms. The summed E-state index contributed by atoms with van der Waals surface area (Å²) < 4.78 is 5.87. The van der Waals surface area contributed by atoms with Gasteiger partial charge in [0.05, 0.1) is 6.10 Å². The molecule has 2 nitrogen and oxygen atoms in total. The van der Waals surface area contributed by atoms with Crippen molar-refractivity contribution in [1.29, 1.82) is 0 Å². The van der Waals surface area contributed by atoms with Crippen LogP contribution in [0.1, 0.15) is 69.8 Å². The molecule has 1 aromatic rings. The Labute approximate surface area is 129 Å². The van der Waals surface area contributed by atoms with Gasteiger partial charge in [-0.15, -0.1) is 0 Å². The highest BCUT2D eigenvalue weighted by molar-refractivity contribution is 5.31. The summed E-state index contributed by atoms with van der Waals surface area (Å²) in [7, 11) is 0. The lowest BCUT2D eigenvalue weighted by Gasteiger charge is -2.27. The molecular formula is C19H29NO. The maximum atomic E-state index is 5.87. The van der Waals surface area contributed by atoms with Gasteiger partial charge in [0.1, 0.15) is 5.75 Å². The lowest BCUT2D eigenvalue weighted by Crippen LogP contribution is -2.34. The van der Waals surface area contributed by atoms with Gasteiger partial charge in [0, 0.05) is 6.04 Å². The maximum absolute atomic E-state index is 5.87. The van der Waals surface area contributed by atoms with Crippen molar-refractivity contribution < 1.29 is 4.74 Å². The van der Waals surface area contributed by atoms with Crippen molar-refractivity contribution in [1.82, 2.24) is 5.32 Å². The van der Waals surface area contributed by atoms with Gasteiger partial charge in [-0.3, -0.25) is 0 Å². The first-order valence-corrected chi connectivity index (χ1v) is 8.87. The van der Waals surface area contributed by atoms with E-state index in [4.69, 9.17) is 4.74 Å². The molecule has 0 heterocycles. The molecular weight excluding hydrogens is 258 g/mol. The third-order valence-corrected chi connectivity index (χ3v) is 4.81. The highest BCUT2D eigenvalue weighted by Gasteiger charge is 2.26. The van der Waals surface area contributed by atoms with Gasteiger partial charge in [0.15, 0.2) is 0 Å². The van der Waals surface area contributed by atoms with E-state index in [1.54, 1.807) is 0 Å². The van der Waals surface area contributed by atoms with Crippen LogP contribution in [0.2, 0.25) is 0 Å². The Morgan fingerprint density at radius 2 is 1.76 bits per heavy atom. The molecule has 116 valence electrons. The van der Waals surface area contributed by atoms with Crippen LogP contribution < -0.4 is 10.1 Å². The van der Waals surface area contributed by atoms with Crippen LogP contribution in [-0.4, -0.2) is 18.7 Å². The van der Waals surface area contributed by atoms with Crippen LogP contribution in [0.15, 0.2) is 24.3 Å². The quantitative estimate of drug-likeness (QED) is 0.769. The summed E-state index contributed by atoms with van der Waals surface area (Å²) in [6, 6.07) is 9.61. The van der Waals surface area contributed by atoms with E-state index in [2.05, 4.69) is 36.5 Å². The third kappa shape index (κ3) is 4.23. The highest BCUT2D eigenvalue weighted by atomic mass is 16.5. The molecule has 2 aliphatic rings. The summed E-state index contributed by atoms with van der Waals surface area (Å²) in [4.78, 5) is 0. The van der Waals surface area contributed by atoms with Crippen LogP contribution in [0.3, 0.4) is 0 Å². The number of hydrogen-bond donors (Lipinski definition) is 1. The second kappa shape index (κ2) is 7.31. The van der Waals surface area contributed by atoms with Crippen LogP contribution in [0, 0.1) is 0 Å². The van der Waals surface area contributed by atoms with Gasteiger partial charge in [-0.25, -0.2) is 0 Å². The Kier molecular flexibility index (Phi) is 5.18. The summed E-state index contributed by atoms with van der Waals surface area (Å²) in [6.07, 6.45) is 11.0. The Bertz CT molecular complexity index is 424. The lowest BCUT2D eigenvalue weighted by atomic mass is 9.87. The highest BCUT2D eigenvalue weighted by Crippen LogP contribution is 2.34. The van der Waals surface area contributed by atoms with Crippen molar-refractivity contribution in [3.8, 4) is 5.75 Å². The van der Waals surface area contributed by atoms with Gasteiger partial charge >= 0.3 is 0 Å². The fourth-order valence-corrected chi connectivity index (χ4v) is 3.45. The molecule has 0 amide bonds. The van der Waals surface area contributed by atoms with Crippen LogP contribution in [0.5, 0.6) is 5.75 Å². The van der Waals surface area contributed by atoms with Crippen molar-refractivity contribution >= 4 is 0 Å². The largest absolute Gasteiger partial charge is 0.490 e. The van der Waals surface area contributed by atoms with Crippen molar-refractivity contribution in [2.75, 3.05) is 6.54 Å². The zero-order chi connectivity index (χ0) is 14.5. The van der Waals surface area contributed by atoms with Gasteiger partial charge in [-0.2, -0.15) is 0 Å². The molecule has 0 aliphatic heterocycles. The lowest BCUT2D eigenvalue weighted by molar-refractivity contribution is 0.303. The number of ether oxygens (including phenoxy) is 1. The van der Waals surface area contributed by atoms with Gasteiger partial charge in [0.25, 0.3) is 0 Å². The number of nitrogens with one attached hydrogen (secondary N) is 1. The molecule has 2 fully saturated rings. The Morgan fingerprint density at radius 3 is 2.48 bits per heavy atom. The van der Waals surface area contributed by atoms with Gasteiger partial charge in [-0.05, 0) is 62.3 Å². The van der Waals surface area contributed by atoms with E-state index in [1.165, 1.54) is 56.9 Å². The fraction of sp³-hybridized carbons (Fsp3) is 0.684. The topological polar surface area (TPSA) is 21.3 Å². The minimum atomic E-state index is 0.493. The molecule has 0 spiro atoms. The van der Waals surface area contributed by atoms with E-state index in [1.807, 2.05) is 0 Å². The number of benzene rings is 1. The molecule has 1 aromatic carbocycles. The molecule has 1 N–H and O–H groups in total. The Balaban J connectivity index is 1.67. The van der Waals surface area contributed by atoms with E-state index >= 15 is 0 Å². The standard InChI is InChI=1S/C19H29NO/c1-2-14-20-19-7-5-3-4-6-18(19)15-8-10-16(11-9-15)21-17-12-13-17/h8-11,17-20H,2-7,12-14H2,1H3. The van der Waals surface area contributed by atoms with Gasteiger partial charge < -0.3 is 10.1 Å². The zero-order valence-electron chi connectivity index (χ0n) is 13.3. The molecule has 2 unspecified atom stereocenters. The van der Waals surface area contributed by atoms with Crippen molar-refractivity contribution in [3.05, 3.63) is 29.8 Å². The average Bonchev–Trinajstić information content (AvgIpc) is 3.33. The van der Waals surface area contributed by atoms with E-state index in [0.29, 0.717) is 18.1 Å². The molecule has 2 atom stereocenters. The summed E-state index contributed by atoms with van der Waals surface area (Å²) in [6.45, 7) is 3.40. The van der Waals surface area contributed by atoms with E-state index < -0.39 is 0 Å². The minimum absolute atomic E-state index is 0.493.